The van der Waals surface area contributed by atoms with Gasteiger partial charge in [0.15, 0.2) is 0 Å². The zero-order valence-electron chi connectivity index (χ0n) is 11.6. The number of rotatable bonds is 7. The molecule has 0 spiro atoms. The normalized spacial score (nSPS) is 23.2. The van der Waals surface area contributed by atoms with Gasteiger partial charge in [-0.2, -0.15) is 0 Å². The second-order valence-electron chi connectivity index (χ2n) is 5.22. The third kappa shape index (κ3) is 5.46. The topological polar surface area (TPSA) is 86.7 Å². The molecule has 0 aromatic carbocycles. The molecule has 7 heteroatoms. The Hall–Kier alpha value is -0.660. The Bertz CT molecular complexity index is 397. The Morgan fingerprint density at radius 3 is 2.74 bits per heavy atom. The highest BCUT2D eigenvalue weighted by molar-refractivity contribution is 7.88. The van der Waals surface area contributed by atoms with Crippen molar-refractivity contribution < 1.29 is 18.3 Å². The van der Waals surface area contributed by atoms with Crippen molar-refractivity contribution in [2.75, 3.05) is 25.9 Å². The molecule has 0 saturated carbocycles. The van der Waals surface area contributed by atoms with Crippen LogP contribution in [0.4, 0.5) is 0 Å². The van der Waals surface area contributed by atoms with E-state index in [2.05, 4.69) is 5.32 Å². The molecule has 2 unspecified atom stereocenters. The summed E-state index contributed by atoms with van der Waals surface area (Å²) in [4.78, 5) is 11.0. The minimum Gasteiger partial charge on any atom is -0.480 e. The second kappa shape index (κ2) is 7.21. The Morgan fingerprint density at radius 1 is 1.53 bits per heavy atom. The summed E-state index contributed by atoms with van der Waals surface area (Å²) in [6.07, 6.45) is 4.41. The van der Waals surface area contributed by atoms with Crippen LogP contribution in [0.3, 0.4) is 0 Å². The van der Waals surface area contributed by atoms with Crippen molar-refractivity contribution in [2.45, 2.75) is 38.6 Å². The number of piperidine rings is 1. The monoisotopic (exact) mass is 292 g/mol. The van der Waals surface area contributed by atoms with Gasteiger partial charge in [-0.15, -0.1) is 0 Å². The van der Waals surface area contributed by atoms with Gasteiger partial charge in [-0.05, 0) is 25.2 Å². The lowest BCUT2D eigenvalue weighted by Crippen LogP contribution is -2.45. The van der Waals surface area contributed by atoms with Gasteiger partial charge in [0, 0.05) is 19.6 Å². The van der Waals surface area contributed by atoms with Gasteiger partial charge in [0.25, 0.3) is 0 Å². The molecule has 6 nitrogen and oxygen atoms in total. The van der Waals surface area contributed by atoms with Gasteiger partial charge in [0.2, 0.25) is 10.0 Å². The van der Waals surface area contributed by atoms with E-state index < -0.39 is 22.0 Å². The summed E-state index contributed by atoms with van der Waals surface area (Å²) < 4.78 is 24.5. The summed E-state index contributed by atoms with van der Waals surface area (Å²) >= 11 is 0. The van der Waals surface area contributed by atoms with Crippen molar-refractivity contribution in [2.24, 2.45) is 5.92 Å². The number of carboxylic acids is 1. The number of nitrogens with zero attached hydrogens (tertiary/aromatic N) is 1. The smallest absolute Gasteiger partial charge is 0.320 e. The van der Waals surface area contributed by atoms with Crippen molar-refractivity contribution in [3.63, 3.8) is 0 Å². The van der Waals surface area contributed by atoms with Crippen molar-refractivity contribution in [1.82, 2.24) is 9.62 Å². The molecule has 1 saturated heterocycles. The highest BCUT2D eigenvalue weighted by Gasteiger charge is 2.26. The Kier molecular flexibility index (Phi) is 6.22. The summed E-state index contributed by atoms with van der Waals surface area (Å²) in [7, 11) is -3.13. The first kappa shape index (κ1) is 16.4. The largest absolute Gasteiger partial charge is 0.480 e. The quantitative estimate of drug-likeness (QED) is 0.713. The van der Waals surface area contributed by atoms with Crippen molar-refractivity contribution in [3.8, 4) is 0 Å². The molecule has 2 atom stereocenters. The molecule has 1 rings (SSSR count). The van der Waals surface area contributed by atoms with Gasteiger partial charge in [-0.1, -0.05) is 13.3 Å². The van der Waals surface area contributed by atoms with Crippen molar-refractivity contribution in [1.29, 1.82) is 0 Å². The lowest BCUT2D eigenvalue weighted by atomic mass is 9.99. The van der Waals surface area contributed by atoms with E-state index in [0.29, 0.717) is 26.1 Å². The predicted octanol–water partition coefficient (Wildman–Crippen LogP) is 0.501. The molecule has 1 aliphatic rings. The van der Waals surface area contributed by atoms with E-state index in [4.69, 9.17) is 5.11 Å². The second-order valence-corrected chi connectivity index (χ2v) is 7.20. The summed E-state index contributed by atoms with van der Waals surface area (Å²) in [5, 5.41) is 12.1. The highest BCUT2D eigenvalue weighted by Crippen LogP contribution is 2.18. The maximum atomic E-state index is 11.5. The van der Waals surface area contributed by atoms with E-state index in [0.717, 1.165) is 19.3 Å². The minimum absolute atomic E-state index is 0.196. The molecule has 0 radical (unpaired) electrons. The summed E-state index contributed by atoms with van der Waals surface area (Å²) in [5.74, 6) is -0.639. The zero-order valence-corrected chi connectivity index (χ0v) is 12.4. The molecule has 0 amide bonds. The maximum Gasteiger partial charge on any atom is 0.320 e. The lowest BCUT2D eigenvalue weighted by molar-refractivity contribution is -0.139. The van der Waals surface area contributed by atoms with Gasteiger partial charge in [0.05, 0.1) is 6.26 Å². The van der Waals surface area contributed by atoms with E-state index in [1.807, 2.05) is 6.92 Å². The zero-order chi connectivity index (χ0) is 14.5. The first-order chi connectivity index (χ1) is 8.84. The molecule has 0 aromatic rings. The lowest BCUT2D eigenvalue weighted by Gasteiger charge is -2.31. The Labute approximate surface area is 115 Å². The molecule has 0 aliphatic carbocycles. The fourth-order valence-electron chi connectivity index (χ4n) is 2.41. The number of carbonyl (C=O) groups is 1. The molecule has 1 fully saturated rings. The molecule has 0 bridgehead atoms. The van der Waals surface area contributed by atoms with Gasteiger partial charge in [-0.3, -0.25) is 4.79 Å². The van der Waals surface area contributed by atoms with Crippen LogP contribution >= 0.6 is 0 Å². The SMILES string of the molecule is CCCC(NCC1CCCN(S(C)(=O)=O)C1)C(=O)O. The number of sulfonamides is 1. The third-order valence-corrected chi connectivity index (χ3v) is 4.75. The van der Waals surface area contributed by atoms with Crippen molar-refractivity contribution in [3.05, 3.63) is 0 Å². The summed E-state index contributed by atoms with van der Waals surface area (Å²) in [6.45, 7) is 3.57. The van der Waals surface area contributed by atoms with Crippen LogP contribution in [0.15, 0.2) is 0 Å². The maximum absolute atomic E-state index is 11.5. The number of aliphatic carboxylic acids is 1. The van der Waals surface area contributed by atoms with Gasteiger partial charge in [-0.25, -0.2) is 12.7 Å². The van der Waals surface area contributed by atoms with Crippen LogP contribution in [0.1, 0.15) is 32.6 Å². The summed E-state index contributed by atoms with van der Waals surface area (Å²) in [5.41, 5.74) is 0. The summed E-state index contributed by atoms with van der Waals surface area (Å²) in [6, 6.07) is -0.529. The molecule has 112 valence electrons. The fraction of sp³-hybridized carbons (Fsp3) is 0.917. The minimum atomic E-state index is -3.13. The van der Waals surface area contributed by atoms with Crippen LogP contribution in [-0.2, 0) is 14.8 Å². The van der Waals surface area contributed by atoms with E-state index in [9.17, 15) is 13.2 Å². The number of hydrogen-bond donors (Lipinski definition) is 2. The van der Waals surface area contributed by atoms with Gasteiger partial charge < -0.3 is 10.4 Å². The molecule has 19 heavy (non-hydrogen) atoms. The van der Waals surface area contributed by atoms with Crippen LogP contribution in [0.2, 0.25) is 0 Å². The predicted molar refractivity (Wildman–Crippen MR) is 73.5 cm³/mol. The molecule has 2 N–H and O–H groups in total. The fourth-order valence-corrected chi connectivity index (χ4v) is 3.35. The molecule has 1 heterocycles. The van der Waals surface area contributed by atoms with Crippen LogP contribution in [0, 0.1) is 5.92 Å². The standard InChI is InChI=1S/C12H24N2O4S/c1-3-5-11(12(15)16)13-8-10-6-4-7-14(9-10)19(2,17)18/h10-11,13H,3-9H2,1-2H3,(H,15,16). The van der Waals surface area contributed by atoms with Crippen LogP contribution in [0.5, 0.6) is 0 Å². The average molecular weight is 292 g/mol. The van der Waals surface area contributed by atoms with Crippen LogP contribution in [-0.4, -0.2) is 55.7 Å². The van der Waals surface area contributed by atoms with Crippen LogP contribution < -0.4 is 5.32 Å². The molecular formula is C12H24N2O4S. The molecule has 1 aliphatic heterocycles. The van der Waals surface area contributed by atoms with E-state index >= 15 is 0 Å². The van der Waals surface area contributed by atoms with Crippen molar-refractivity contribution >= 4 is 16.0 Å². The number of hydrogen-bond acceptors (Lipinski definition) is 4. The number of carboxylic acid groups (broad SMARTS) is 1. The molecular weight excluding hydrogens is 268 g/mol. The van der Waals surface area contributed by atoms with E-state index in [-0.39, 0.29) is 5.92 Å². The van der Waals surface area contributed by atoms with Gasteiger partial charge in [0.1, 0.15) is 6.04 Å². The first-order valence-corrected chi connectivity index (χ1v) is 8.60. The van der Waals surface area contributed by atoms with E-state index in [1.54, 1.807) is 0 Å². The third-order valence-electron chi connectivity index (χ3n) is 3.48. The van der Waals surface area contributed by atoms with Crippen LogP contribution in [0.25, 0.3) is 0 Å². The number of nitrogens with one attached hydrogen (secondary N) is 1. The molecule has 0 aromatic heterocycles. The Morgan fingerprint density at radius 2 is 2.21 bits per heavy atom. The highest BCUT2D eigenvalue weighted by atomic mass is 32.2. The van der Waals surface area contributed by atoms with Gasteiger partial charge >= 0.3 is 5.97 Å². The average Bonchev–Trinajstić information content (AvgIpc) is 2.33. The van der Waals surface area contributed by atoms with E-state index in [1.165, 1.54) is 10.6 Å². The Balaban J connectivity index is 2.46. The first-order valence-electron chi connectivity index (χ1n) is 6.76.